The van der Waals surface area contributed by atoms with Gasteiger partial charge >= 0.3 is 11.9 Å². The molecule has 11 heteroatoms. The number of aromatic hydroxyl groups is 1. The van der Waals surface area contributed by atoms with E-state index >= 15 is 0 Å². The molecule has 0 radical (unpaired) electrons. The van der Waals surface area contributed by atoms with Crippen molar-refractivity contribution in [2.75, 3.05) is 26.4 Å². The van der Waals surface area contributed by atoms with Crippen molar-refractivity contribution in [3.63, 3.8) is 0 Å². The minimum atomic E-state index is -1.18. The second-order valence-electron chi connectivity index (χ2n) is 7.37. The average Bonchev–Trinajstić information content (AvgIpc) is 2.84. The van der Waals surface area contributed by atoms with E-state index in [0.29, 0.717) is 13.0 Å². The van der Waals surface area contributed by atoms with Crippen molar-refractivity contribution in [3.8, 4) is 11.5 Å². The lowest BCUT2D eigenvalue weighted by molar-refractivity contribution is -0.159. The molecule has 0 unspecified atom stereocenters. The number of unbranched alkanes of at least 4 members (excludes halogenated alkanes) is 1. The maximum absolute atomic E-state index is 13.0. The first-order valence-corrected chi connectivity index (χ1v) is 11.7. The predicted molar refractivity (Wildman–Crippen MR) is 131 cm³/mol. The fourth-order valence-corrected chi connectivity index (χ4v) is 3.59. The summed E-state index contributed by atoms with van der Waals surface area (Å²) in [5, 5.41) is 12.8. The number of hydrogen-bond acceptors (Lipinski definition) is 8. The molecule has 2 aromatic carbocycles. The highest BCUT2D eigenvalue weighted by atomic mass is 35.5. The van der Waals surface area contributed by atoms with Crippen LogP contribution in [0.5, 0.6) is 11.5 Å². The lowest BCUT2D eigenvalue weighted by Gasteiger charge is -2.19. The van der Waals surface area contributed by atoms with E-state index < -0.39 is 36.2 Å². The van der Waals surface area contributed by atoms with Crippen molar-refractivity contribution in [1.82, 2.24) is 5.32 Å². The van der Waals surface area contributed by atoms with Gasteiger partial charge in [0.2, 0.25) is 0 Å². The summed E-state index contributed by atoms with van der Waals surface area (Å²) in [6, 6.07) is 8.89. The molecule has 1 atom stereocenters. The minimum Gasteiger partial charge on any atom is -0.505 e. The quantitative estimate of drug-likeness (QED) is 0.267. The van der Waals surface area contributed by atoms with Crippen LogP contribution in [-0.2, 0) is 25.5 Å². The highest BCUT2D eigenvalue weighted by molar-refractivity contribution is 6.39. The fraction of sp³-hybridized carbons (Fsp3) is 0.375. The molecule has 0 saturated heterocycles. The molecule has 0 aromatic heterocycles. The minimum absolute atomic E-state index is 0.00944. The zero-order chi connectivity index (χ0) is 25.8. The van der Waals surface area contributed by atoms with Crippen molar-refractivity contribution in [2.45, 2.75) is 32.2 Å². The van der Waals surface area contributed by atoms with Gasteiger partial charge in [0.1, 0.15) is 11.1 Å². The van der Waals surface area contributed by atoms with Crippen LogP contribution in [0.25, 0.3) is 0 Å². The molecule has 0 aliphatic heterocycles. The second kappa shape index (κ2) is 14.4. The molecule has 1 amide bonds. The van der Waals surface area contributed by atoms with E-state index in [-0.39, 0.29) is 41.0 Å². The highest BCUT2D eigenvalue weighted by Gasteiger charge is 2.27. The Balaban J connectivity index is 2.21. The molecule has 0 saturated carbocycles. The van der Waals surface area contributed by atoms with E-state index in [4.69, 9.17) is 43.1 Å². The molecular formula is C24H28Cl2N2O7. The van der Waals surface area contributed by atoms with Gasteiger partial charge in [-0.25, -0.2) is 9.59 Å². The lowest BCUT2D eigenvalue weighted by atomic mass is 10.1. The third-order valence-electron chi connectivity index (χ3n) is 4.75. The third kappa shape index (κ3) is 8.61. The molecule has 0 aliphatic rings. The summed E-state index contributed by atoms with van der Waals surface area (Å²) in [6.45, 7) is 1.92. The molecule has 0 heterocycles. The van der Waals surface area contributed by atoms with Crippen LogP contribution in [0.15, 0.2) is 36.4 Å². The smallest absolute Gasteiger partial charge is 0.344 e. The van der Waals surface area contributed by atoms with Crippen LogP contribution < -0.4 is 15.8 Å². The van der Waals surface area contributed by atoms with Crippen molar-refractivity contribution in [2.24, 2.45) is 5.73 Å². The van der Waals surface area contributed by atoms with Crippen molar-refractivity contribution in [3.05, 3.63) is 57.6 Å². The number of nitrogens with two attached hydrogens (primary N) is 1. The summed E-state index contributed by atoms with van der Waals surface area (Å²) < 4.78 is 15.3. The predicted octanol–water partition coefficient (Wildman–Crippen LogP) is 3.26. The Morgan fingerprint density at radius 3 is 2.49 bits per heavy atom. The Hall–Kier alpha value is -3.01. The summed E-state index contributed by atoms with van der Waals surface area (Å²) in [6.07, 6.45) is 1.46. The van der Waals surface area contributed by atoms with Crippen LogP contribution in [-0.4, -0.2) is 55.4 Å². The van der Waals surface area contributed by atoms with E-state index in [2.05, 4.69) is 5.32 Å². The van der Waals surface area contributed by atoms with Crippen LogP contribution >= 0.6 is 23.2 Å². The van der Waals surface area contributed by atoms with Gasteiger partial charge in [-0.15, -0.1) is 0 Å². The van der Waals surface area contributed by atoms with Gasteiger partial charge in [0.25, 0.3) is 5.91 Å². The Kier molecular flexibility index (Phi) is 11.6. The Bertz CT molecular complexity index is 1020. The Labute approximate surface area is 213 Å². The molecule has 4 N–H and O–H groups in total. The van der Waals surface area contributed by atoms with Crippen molar-refractivity contribution in [1.29, 1.82) is 0 Å². The Morgan fingerprint density at radius 1 is 1.11 bits per heavy atom. The number of hydrogen-bond donors (Lipinski definition) is 3. The number of amides is 1. The van der Waals surface area contributed by atoms with Crippen LogP contribution in [0.1, 0.15) is 35.7 Å². The molecule has 190 valence electrons. The molecule has 0 spiro atoms. The normalized spacial score (nSPS) is 11.4. The van der Waals surface area contributed by atoms with Gasteiger partial charge in [0.05, 0.1) is 23.8 Å². The van der Waals surface area contributed by atoms with Gasteiger partial charge in [-0.3, -0.25) is 4.79 Å². The molecule has 0 bridgehead atoms. The first-order chi connectivity index (χ1) is 16.8. The lowest BCUT2D eigenvalue weighted by Crippen LogP contribution is -2.44. The summed E-state index contributed by atoms with van der Waals surface area (Å²) >= 11 is 12.4. The van der Waals surface area contributed by atoms with Crippen LogP contribution in [0, 0.1) is 0 Å². The molecule has 2 aromatic rings. The molecule has 9 nitrogen and oxygen atoms in total. The first-order valence-electron chi connectivity index (χ1n) is 11.0. The van der Waals surface area contributed by atoms with Gasteiger partial charge in [0.15, 0.2) is 18.1 Å². The number of esters is 2. The number of phenolic OH excluding ortho intramolecular Hbond substituents is 1. The number of rotatable bonds is 13. The maximum Gasteiger partial charge on any atom is 0.344 e. The van der Waals surface area contributed by atoms with E-state index in [0.717, 1.165) is 12.0 Å². The fourth-order valence-electron chi connectivity index (χ4n) is 3.03. The zero-order valence-electron chi connectivity index (χ0n) is 19.2. The van der Waals surface area contributed by atoms with Gasteiger partial charge < -0.3 is 30.4 Å². The molecular weight excluding hydrogens is 499 g/mol. The third-order valence-corrected chi connectivity index (χ3v) is 5.38. The molecule has 0 aliphatic carbocycles. The van der Waals surface area contributed by atoms with E-state index in [1.54, 1.807) is 37.3 Å². The number of halogens is 2. The monoisotopic (exact) mass is 526 g/mol. The number of carbonyl (C=O) groups is 3. The SMILES string of the molecule is CCOC(=O)COC(=O)[C@H](Cc1ccccc1)NC(=O)c1cc(Cl)c(OCCCCN)c(Cl)c1O. The summed E-state index contributed by atoms with van der Waals surface area (Å²) in [5.41, 5.74) is 5.92. The summed E-state index contributed by atoms with van der Waals surface area (Å²) in [4.78, 5) is 37.2. The zero-order valence-corrected chi connectivity index (χ0v) is 20.7. The van der Waals surface area contributed by atoms with Crippen LogP contribution in [0.4, 0.5) is 0 Å². The number of phenols is 1. The Morgan fingerprint density at radius 2 is 1.83 bits per heavy atom. The van der Waals surface area contributed by atoms with E-state index in [1.807, 2.05) is 0 Å². The number of nitrogens with one attached hydrogen (secondary N) is 1. The van der Waals surface area contributed by atoms with Crippen LogP contribution in [0.2, 0.25) is 10.0 Å². The number of ether oxygens (including phenoxy) is 3. The van der Waals surface area contributed by atoms with Crippen molar-refractivity contribution < 1.29 is 33.7 Å². The molecule has 0 fully saturated rings. The van der Waals surface area contributed by atoms with E-state index in [1.165, 1.54) is 6.07 Å². The largest absolute Gasteiger partial charge is 0.505 e. The maximum atomic E-state index is 13.0. The van der Waals surface area contributed by atoms with E-state index in [9.17, 15) is 19.5 Å². The highest BCUT2D eigenvalue weighted by Crippen LogP contribution is 2.42. The topological polar surface area (TPSA) is 137 Å². The first kappa shape index (κ1) is 28.2. The van der Waals surface area contributed by atoms with Gasteiger partial charge in [-0.1, -0.05) is 53.5 Å². The van der Waals surface area contributed by atoms with Gasteiger partial charge in [-0.05, 0) is 37.9 Å². The standard InChI is InChI=1S/C24H28Cl2N2O7/c1-2-33-19(29)14-35-24(32)18(12-15-8-4-3-5-9-15)28-23(31)16-13-17(25)22(20(26)21(16)30)34-11-7-6-10-27/h3-5,8-9,13,18,30H,2,6-7,10-12,14,27H2,1H3,(H,28,31)/t18-/m0/s1. The van der Waals surface area contributed by atoms with Crippen LogP contribution in [0.3, 0.4) is 0 Å². The van der Waals surface area contributed by atoms with Gasteiger partial charge in [-0.2, -0.15) is 0 Å². The number of carbonyl (C=O) groups excluding carboxylic acids is 3. The van der Waals surface area contributed by atoms with Gasteiger partial charge in [0, 0.05) is 6.42 Å². The summed E-state index contributed by atoms with van der Waals surface area (Å²) in [5.74, 6) is -2.92. The van der Waals surface area contributed by atoms with Crippen molar-refractivity contribution >= 4 is 41.0 Å². The average molecular weight is 527 g/mol. The second-order valence-corrected chi connectivity index (χ2v) is 8.16. The summed E-state index contributed by atoms with van der Waals surface area (Å²) in [7, 11) is 0. The number of benzene rings is 2. The molecule has 2 rings (SSSR count). The molecule has 35 heavy (non-hydrogen) atoms.